The molecule has 0 unspecified atom stereocenters. The van der Waals surface area contributed by atoms with Gasteiger partial charge in [-0.15, -0.1) is 0 Å². The molecule has 0 heterocycles. The summed E-state index contributed by atoms with van der Waals surface area (Å²) in [5.74, 6) is 0.693. The lowest BCUT2D eigenvalue weighted by molar-refractivity contribution is -0.119. The van der Waals surface area contributed by atoms with Gasteiger partial charge in [0.15, 0.2) is 0 Å². The molecule has 4 nitrogen and oxygen atoms in total. The highest BCUT2D eigenvalue weighted by Crippen LogP contribution is 2.18. The van der Waals surface area contributed by atoms with Gasteiger partial charge in [0.1, 0.15) is 5.75 Å². The summed E-state index contributed by atoms with van der Waals surface area (Å²) >= 11 is 6.10. The molecule has 29 heavy (non-hydrogen) atoms. The summed E-state index contributed by atoms with van der Waals surface area (Å²) in [5.41, 5.74) is 3.06. The molecule has 0 aliphatic rings. The van der Waals surface area contributed by atoms with E-state index in [1.165, 1.54) is 5.56 Å². The first-order valence-electron chi connectivity index (χ1n) is 9.71. The van der Waals surface area contributed by atoms with Gasteiger partial charge in [0.05, 0.1) is 13.2 Å². The third kappa shape index (κ3) is 7.16. The average molecular weight is 409 g/mol. The maximum atomic E-state index is 12.1. The fourth-order valence-electron chi connectivity index (χ4n) is 2.89. The van der Waals surface area contributed by atoms with Crippen molar-refractivity contribution in [2.45, 2.75) is 19.4 Å². The Bertz CT molecular complexity index is 916. The van der Waals surface area contributed by atoms with Crippen molar-refractivity contribution in [2.75, 3.05) is 18.5 Å². The van der Waals surface area contributed by atoms with E-state index in [0.29, 0.717) is 18.2 Å². The number of halogens is 1. The predicted molar refractivity (Wildman–Crippen MR) is 118 cm³/mol. The molecule has 0 atom stereocenters. The Morgan fingerprint density at radius 2 is 1.72 bits per heavy atom. The largest absolute Gasteiger partial charge is 0.494 e. The second-order valence-corrected chi connectivity index (χ2v) is 7.09. The summed E-state index contributed by atoms with van der Waals surface area (Å²) in [6.07, 6.45) is 1.94. The van der Waals surface area contributed by atoms with Crippen molar-refractivity contribution in [3.8, 4) is 5.75 Å². The molecule has 3 aromatic carbocycles. The van der Waals surface area contributed by atoms with Gasteiger partial charge in [-0.3, -0.25) is 4.79 Å². The number of rotatable bonds is 10. The van der Waals surface area contributed by atoms with Gasteiger partial charge in [0, 0.05) is 23.3 Å². The van der Waals surface area contributed by atoms with Crippen LogP contribution in [-0.2, 0) is 17.8 Å². The third-order valence-corrected chi connectivity index (χ3v) is 4.81. The van der Waals surface area contributed by atoms with E-state index in [9.17, 15) is 4.79 Å². The molecular formula is C24H25ClN2O2. The van der Waals surface area contributed by atoms with Crippen LogP contribution in [0.25, 0.3) is 0 Å². The molecule has 0 saturated carbocycles. The molecule has 0 aromatic heterocycles. The number of hydrogen-bond acceptors (Lipinski definition) is 3. The topological polar surface area (TPSA) is 50.4 Å². The second-order valence-electron chi connectivity index (χ2n) is 6.69. The van der Waals surface area contributed by atoms with Crippen LogP contribution in [0.1, 0.15) is 17.5 Å². The van der Waals surface area contributed by atoms with Crippen LogP contribution in [0.5, 0.6) is 5.75 Å². The molecule has 1 amide bonds. The Labute approximate surface area is 176 Å². The Hall–Kier alpha value is -2.98. The molecule has 3 aromatic rings. The zero-order valence-corrected chi connectivity index (χ0v) is 17.0. The minimum Gasteiger partial charge on any atom is -0.494 e. The van der Waals surface area contributed by atoms with Crippen LogP contribution in [0.3, 0.4) is 0 Å². The molecule has 150 valence electrons. The first-order valence-corrected chi connectivity index (χ1v) is 10.1. The van der Waals surface area contributed by atoms with E-state index in [-0.39, 0.29) is 12.5 Å². The lowest BCUT2D eigenvalue weighted by Crippen LogP contribution is -2.29. The number of anilines is 1. The lowest BCUT2D eigenvalue weighted by atomic mass is 10.1. The Morgan fingerprint density at radius 3 is 2.55 bits per heavy atom. The number of ether oxygens (including phenoxy) is 1. The highest BCUT2D eigenvalue weighted by molar-refractivity contribution is 6.31. The summed E-state index contributed by atoms with van der Waals surface area (Å²) in [6, 6.07) is 25.5. The van der Waals surface area contributed by atoms with Gasteiger partial charge in [0.25, 0.3) is 0 Å². The highest BCUT2D eigenvalue weighted by atomic mass is 35.5. The number of hydrogen-bond donors (Lipinski definition) is 2. The lowest BCUT2D eigenvalue weighted by Gasteiger charge is -2.11. The van der Waals surface area contributed by atoms with Crippen molar-refractivity contribution in [2.24, 2.45) is 0 Å². The normalized spacial score (nSPS) is 10.4. The van der Waals surface area contributed by atoms with Crippen LogP contribution >= 0.6 is 11.6 Å². The van der Waals surface area contributed by atoms with Gasteiger partial charge in [-0.1, -0.05) is 66.2 Å². The molecule has 0 aliphatic carbocycles. The molecular weight excluding hydrogens is 384 g/mol. The van der Waals surface area contributed by atoms with Crippen molar-refractivity contribution in [1.29, 1.82) is 0 Å². The molecule has 0 bridgehead atoms. The van der Waals surface area contributed by atoms with Gasteiger partial charge in [-0.05, 0) is 42.2 Å². The summed E-state index contributed by atoms with van der Waals surface area (Å²) in [6.45, 7) is 1.24. The van der Waals surface area contributed by atoms with E-state index in [1.807, 2.05) is 54.6 Å². The number of nitrogens with one attached hydrogen (secondary N) is 2. The summed E-state index contributed by atoms with van der Waals surface area (Å²) in [7, 11) is 0. The number of amides is 1. The van der Waals surface area contributed by atoms with E-state index in [4.69, 9.17) is 16.3 Å². The smallest absolute Gasteiger partial charge is 0.239 e. The number of benzene rings is 3. The summed E-state index contributed by atoms with van der Waals surface area (Å²) < 4.78 is 5.84. The summed E-state index contributed by atoms with van der Waals surface area (Å²) in [4.78, 5) is 12.1. The molecule has 0 spiro atoms. The molecule has 5 heteroatoms. The standard InChI is InChI=1S/C24H25ClN2O2/c25-23-14-5-4-11-20(23)17-27-24(28)18-26-21-12-6-13-22(16-21)29-15-7-10-19-8-2-1-3-9-19/h1-6,8-9,11-14,16,26H,7,10,15,17-18H2,(H,27,28). The first-order chi connectivity index (χ1) is 14.2. The second kappa shape index (κ2) is 11.1. The fraction of sp³-hybridized carbons (Fsp3) is 0.208. The van der Waals surface area contributed by atoms with Crippen LogP contribution in [-0.4, -0.2) is 19.1 Å². The zero-order chi connectivity index (χ0) is 20.3. The SMILES string of the molecule is O=C(CNc1cccc(OCCCc2ccccc2)c1)NCc1ccccc1Cl. The van der Waals surface area contributed by atoms with Crippen LogP contribution < -0.4 is 15.4 Å². The van der Waals surface area contributed by atoms with Gasteiger partial charge in [-0.25, -0.2) is 0 Å². The maximum Gasteiger partial charge on any atom is 0.239 e. The predicted octanol–water partition coefficient (Wildman–Crippen LogP) is 5.08. The van der Waals surface area contributed by atoms with Crippen molar-refractivity contribution in [3.63, 3.8) is 0 Å². The van der Waals surface area contributed by atoms with E-state index in [2.05, 4.69) is 34.9 Å². The van der Waals surface area contributed by atoms with Crippen LogP contribution in [0.4, 0.5) is 5.69 Å². The van der Waals surface area contributed by atoms with Crippen molar-refractivity contribution in [1.82, 2.24) is 5.32 Å². The maximum absolute atomic E-state index is 12.1. The Morgan fingerprint density at radius 1 is 0.931 bits per heavy atom. The summed E-state index contributed by atoms with van der Waals surface area (Å²) in [5, 5.41) is 6.64. The average Bonchev–Trinajstić information content (AvgIpc) is 2.76. The molecule has 0 aliphatic heterocycles. The van der Waals surface area contributed by atoms with Crippen LogP contribution in [0, 0.1) is 0 Å². The zero-order valence-electron chi connectivity index (χ0n) is 16.2. The monoisotopic (exact) mass is 408 g/mol. The van der Waals surface area contributed by atoms with Crippen molar-refractivity contribution in [3.05, 3.63) is 95.0 Å². The highest BCUT2D eigenvalue weighted by Gasteiger charge is 2.04. The van der Waals surface area contributed by atoms with E-state index in [0.717, 1.165) is 29.8 Å². The van der Waals surface area contributed by atoms with Crippen LogP contribution in [0.15, 0.2) is 78.9 Å². The van der Waals surface area contributed by atoms with Gasteiger partial charge < -0.3 is 15.4 Å². The van der Waals surface area contributed by atoms with E-state index >= 15 is 0 Å². The third-order valence-electron chi connectivity index (χ3n) is 4.44. The molecule has 0 saturated heterocycles. The molecule has 0 radical (unpaired) electrons. The number of aryl methyl sites for hydroxylation is 1. The van der Waals surface area contributed by atoms with Gasteiger partial charge in [-0.2, -0.15) is 0 Å². The Kier molecular flexibility index (Phi) is 7.96. The quantitative estimate of drug-likeness (QED) is 0.460. The molecule has 3 rings (SSSR count). The van der Waals surface area contributed by atoms with Gasteiger partial charge >= 0.3 is 0 Å². The number of carbonyl (C=O) groups excluding carboxylic acids is 1. The van der Waals surface area contributed by atoms with Gasteiger partial charge in [0.2, 0.25) is 5.91 Å². The van der Waals surface area contributed by atoms with E-state index < -0.39 is 0 Å². The van der Waals surface area contributed by atoms with E-state index in [1.54, 1.807) is 0 Å². The number of carbonyl (C=O) groups is 1. The van der Waals surface area contributed by atoms with Crippen molar-refractivity contribution >= 4 is 23.2 Å². The molecule has 0 fully saturated rings. The minimum absolute atomic E-state index is 0.0981. The van der Waals surface area contributed by atoms with Crippen molar-refractivity contribution < 1.29 is 9.53 Å². The minimum atomic E-state index is -0.0981. The molecule has 2 N–H and O–H groups in total. The first kappa shape index (κ1) is 20.7. The Balaban J connectivity index is 1.38. The fourth-order valence-corrected chi connectivity index (χ4v) is 3.09. The van der Waals surface area contributed by atoms with Crippen LogP contribution in [0.2, 0.25) is 5.02 Å².